The van der Waals surface area contributed by atoms with Gasteiger partial charge in [0, 0.05) is 6.04 Å². The molecule has 1 fully saturated rings. The number of hydrogen-bond donors (Lipinski definition) is 0. The first kappa shape index (κ1) is 22.9. The maximum atomic E-state index is 12.7. The van der Waals surface area contributed by atoms with Gasteiger partial charge in [0.1, 0.15) is 6.61 Å². The SMILES string of the molecule is CCOc1cc(/C=C2/SC(=O)N([C@@H](C)CC)C2=O)ccc1OCc1ccc2ccccc2c1. The zero-order chi connectivity index (χ0) is 23.4. The van der Waals surface area contributed by atoms with E-state index in [9.17, 15) is 9.59 Å². The van der Waals surface area contributed by atoms with E-state index >= 15 is 0 Å². The second kappa shape index (κ2) is 10.1. The highest BCUT2D eigenvalue weighted by Gasteiger charge is 2.37. The number of ether oxygens (including phenoxy) is 2. The summed E-state index contributed by atoms with van der Waals surface area (Å²) in [5.74, 6) is 0.997. The number of benzene rings is 3. The topological polar surface area (TPSA) is 55.8 Å². The summed E-state index contributed by atoms with van der Waals surface area (Å²) in [6, 6.07) is 19.9. The van der Waals surface area contributed by atoms with Crippen molar-refractivity contribution in [3.63, 3.8) is 0 Å². The fraction of sp³-hybridized carbons (Fsp3) is 0.259. The van der Waals surface area contributed by atoms with Crippen LogP contribution in [0.1, 0.15) is 38.3 Å². The number of hydrogen-bond acceptors (Lipinski definition) is 5. The molecular formula is C27H27NO4S. The Morgan fingerprint density at radius 2 is 1.73 bits per heavy atom. The standard InChI is InChI=1S/C27H27NO4S/c1-4-18(3)28-26(29)25(33-27(28)30)16-19-11-13-23(24(15-19)31-5-2)32-17-20-10-12-21-8-6-7-9-22(21)14-20/h6-16,18H,4-5,17H2,1-3H3/b25-16+/t18-/m0/s1. The van der Waals surface area contributed by atoms with Crippen LogP contribution in [0.4, 0.5) is 4.79 Å². The Morgan fingerprint density at radius 1 is 0.939 bits per heavy atom. The third-order valence-electron chi connectivity index (χ3n) is 5.63. The van der Waals surface area contributed by atoms with Crippen LogP contribution < -0.4 is 9.47 Å². The normalized spacial score (nSPS) is 16.0. The minimum Gasteiger partial charge on any atom is -0.490 e. The van der Waals surface area contributed by atoms with Gasteiger partial charge in [0.2, 0.25) is 0 Å². The van der Waals surface area contributed by atoms with Crippen LogP contribution in [0, 0.1) is 0 Å². The molecule has 0 N–H and O–H groups in total. The molecule has 170 valence electrons. The van der Waals surface area contributed by atoms with Crippen molar-refractivity contribution in [2.45, 2.75) is 39.8 Å². The number of rotatable bonds is 8. The summed E-state index contributed by atoms with van der Waals surface area (Å²) in [6.45, 7) is 6.66. The van der Waals surface area contributed by atoms with Crippen molar-refractivity contribution in [3.8, 4) is 11.5 Å². The average molecular weight is 462 g/mol. The van der Waals surface area contributed by atoms with Crippen LogP contribution in [0.15, 0.2) is 65.6 Å². The van der Waals surface area contributed by atoms with E-state index in [0.29, 0.717) is 29.6 Å². The summed E-state index contributed by atoms with van der Waals surface area (Å²) >= 11 is 0.979. The molecule has 2 amide bonds. The van der Waals surface area contributed by atoms with Crippen LogP contribution in [0.25, 0.3) is 16.8 Å². The Hall–Kier alpha value is -3.25. The monoisotopic (exact) mass is 461 g/mol. The fourth-order valence-corrected chi connectivity index (χ4v) is 4.62. The number of imide groups is 1. The van der Waals surface area contributed by atoms with Gasteiger partial charge in [-0.05, 0) is 78.2 Å². The highest BCUT2D eigenvalue weighted by Crippen LogP contribution is 2.36. The van der Waals surface area contributed by atoms with Crippen molar-refractivity contribution in [1.29, 1.82) is 0 Å². The van der Waals surface area contributed by atoms with Gasteiger partial charge in [-0.1, -0.05) is 49.4 Å². The van der Waals surface area contributed by atoms with Crippen molar-refractivity contribution in [2.24, 2.45) is 0 Å². The van der Waals surface area contributed by atoms with E-state index in [1.165, 1.54) is 15.7 Å². The Balaban J connectivity index is 1.53. The van der Waals surface area contributed by atoms with Crippen LogP contribution in [0.2, 0.25) is 0 Å². The van der Waals surface area contributed by atoms with Crippen LogP contribution in [0.3, 0.4) is 0 Å². The van der Waals surface area contributed by atoms with Crippen LogP contribution in [-0.2, 0) is 11.4 Å². The molecule has 0 aromatic heterocycles. The smallest absolute Gasteiger partial charge is 0.293 e. The van der Waals surface area contributed by atoms with E-state index in [1.807, 2.05) is 51.1 Å². The van der Waals surface area contributed by atoms with Gasteiger partial charge in [0.15, 0.2) is 11.5 Å². The van der Waals surface area contributed by atoms with E-state index < -0.39 is 0 Å². The highest BCUT2D eigenvalue weighted by atomic mass is 32.2. The van der Waals surface area contributed by atoms with Gasteiger partial charge in [0.05, 0.1) is 11.5 Å². The Labute approximate surface area is 198 Å². The molecule has 0 bridgehead atoms. The molecule has 0 saturated carbocycles. The number of thioether (sulfide) groups is 1. The van der Waals surface area contributed by atoms with E-state index in [1.54, 1.807) is 6.08 Å². The van der Waals surface area contributed by atoms with Crippen LogP contribution in [-0.4, -0.2) is 28.7 Å². The van der Waals surface area contributed by atoms with Gasteiger partial charge in [-0.2, -0.15) is 0 Å². The van der Waals surface area contributed by atoms with Gasteiger partial charge >= 0.3 is 0 Å². The lowest BCUT2D eigenvalue weighted by atomic mass is 10.1. The van der Waals surface area contributed by atoms with E-state index in [-0.39, 0.29) is 17.2 Å². The maximum Gasteiger partial charge on any atom is 0.293 e. The number of carbonyl (C=O) groups excluding carboxylic acids is 2. The zero-order valence-electron chi connectivity index (χ0n) is 19.0. The summed E-state index contributed by atoms with van der Waals surface area (Å²) in [5.41, 5.74) is 1.85. The molecule has 6 heteroatoms. The molecule has 0 radical (unpaired) electrons. The molecule has 1 aliphatic heterocycles. The number of fused-ring (bicyclic) bond motifs is 1. The van der Waals surface area contributed by atoms with E-state index in [0.717, 1.165) is 29.3 Å². The lowest BCUT2D eigenvalue weighted by Gasteiger charge is -2.19. The number of amides is 2. The molecule has 5 nitrogen and oxygen atoms in total. The zero-order valence-corrected chi connectivity index (χ0v) is 19.9. The van der Waals surface area contributed by atoms with E-state index in [2.05, 4.69) is 30.3 Å². The first-order valence-electron chi connectivity index (χ1n) is 11.1. The summed E-state index contributed by atoms with van der Waals surface area (Å²) in [5, 5.41) is 2.14. The molecule has 0 unspecified atom stereocenters. The Morgan fingerprint density at radius 3 is 2.48 bits per heavy atom. The molecule has 0 aliphatic carbocycles. The molecule has 1 heterocycles. The molecule has 3 aromatic carbocycles. The van der Waals surface area contributed by atoms with Crippen molar-refractivity contribution in [3.05, 3.63) is 76.7 Å². The second-order valence-electron chi connectivity index (χ2n) is 7.92. The maximum absolute atomic E-state index is 12.7. The van der Waals surface area contributed by atoms with Gasteiger partial charge in [-0.3, -0.25) is 14.5 Å². The third-order valence-corrected chi connectivity index (χ3v) is 6.51. The number of nitrogens with zero attached hydrogens (tertiary/aromatic N) is 1. The largest absolute Gasteiger partial charge is 0.490 e. The first-order valence-corrected chi connectivity index (χ1v) is 12.0. The predicted molar refractivity (Wildman–Crippen MR) is 133 cm³/mol. The van der Waals surface area contributed by atoms with Gasteiger partial charge in [-0.25, -0.2) is 0 Å². The summed E-state index contributed by atoms with van der Waals surface area (Å²) < 4.78 is 11.9. The predicted octanol–water partition coefficient (Wildman–Crippen LogP) is 6.65. The minimum atomic E-state index is -0.242. The highest BCUT2D eigenvalue weighted by molar-refractivity contribution is 8.18. The minimum absolute atomic E-state index is 0.117. The lowest BCUT2D eigenvalue weighted by Crippen LogP contribution is -2.36. The fourth-order valence-electron chi connectivity index (χ4n) is 3.69. The van der Waals surface area contributed by atoms with Crippen molar-refractivity contribution >= 4 is 39.8 Å². The van der Waals surface area contributed by atoms with Gasteiger partial charge in [0.25, 0.3) is 11.1 Å². The van der Waals surface area contributed by atoms with Gasteiger partial charge in [-0.15, -0.1) is 0 Å². The summed E-state index contributed by atoms with van der Waals surface area (Å²) in [7, 11) is 0. The lowest BCUT2D eigenvalue weighted by molar-refractivity contribution is -0.124. The Bertz CT molecular complexity index is 1220. The van der Waals surface area contributed by atoms with Crippen LogP contribution in [0.5, 0.6) is 11.5 Å². The molecular weight excluding hydrogens is 434 g/mol. The summed E-state index contributed by atoms with van der Waals surface area (Å²) in [6.07, 6.45) is 2.46. The molecule has 33 heavy (non-hydrogen) atoms. The molecule has 1 saturated heterocycles. The number of carbonyl (C=O) groups is 2. The average Bonchev–Trinajstić information content (AvgIpc) is 3.10. The Kier molecular flexibility index (Phi) is 7.04. The third kappa shape index (κ3) is 5.06. The molecule has 0 spiro atoms. The molecule has 3 aromatic rings. The van der Waals surface area contributed by atoms with Crippen molar-refractivity contribution < 1.29 is 19.1 Å². The quantitative estimate of drug-likeness (QED) is 0.351. The molecule has 4 rings (SSSR count). The van der Waals surface area contributed by atoms with Crippen LogP contribution >= 0.6 is 11.8 Å². The molecule has 1 atom stereocenters. The van der Waals surface area contributed by atoms with Crippen molar-refractivity contribution in [2.75, 3.05) is 6.61 Å². The van der Waals surface area contributed by atoms with Crippen molar-refractivity contribution in [1.82, 2.24) is 4.90 Å². The first-order chi connectivity index (χ1) is 16.0. The summed E-state index contributed by atoms with van der Waals surface area (Å²) in [4.78, 5) is 26.8. The van der Waals surface area contributed by atoms with E-state index in [4.69, 9.17) is 9.47 Å². The van der Waals surface area contributed by atoms with Gasteiger partial charge < -0.3 is 9.47 Å². The molecule has 1 aliphatic rings. The second-order valence-corrected chi connectivity index (χ2v) is 8.91.